The van der Waals surface area contributed by atoms with E-state index in [1.807, 2.05) is 0 Å². The van der Waals surface area contributed by atoms with Gasteiger partial charge in [-0.2, -0.15) is 0 Å². The van der Waals surface area contributed by atoms with Gasteiger partial charge in [0.05, 0.1) is 6.61 Å². The molecule has 0 aromatic rings. The summed E-state index contributed by atoms with van der Waals surface area (Å²) in [5.41, 5.74) is 7.56. The van der Waals surface area contributed by atoms with Gasteiger partial charge in [-0.25, -0.2) is 10.2 Å². The van der Waals surface area contributed by atoms with Crippen LogP contribution in [0.5, 0.6) is 0 Å². The minimum Gasteiger partial charge on any atom is -0.460 e. The van der Waals surface area contributed by atoms with Gasteiger partial charge in [-0.3, -0.25) is 4.79 Å². The lowest BCUT2D eigenvalue weighted by molar-refractivity contribution is -0.135. The van der Waals surface area contributed by atoms with E-state index in [2.05, 4.69) is 15.3 Å². The van der Waals surface area contributed by atoms with Gasteiger partial charge in [0.2, 0.25) is 11.7 Å². The van der Waals surface area contributed by atoms with E-state index in [4.69, 9.17) is 10.5 Å². The first-order valence-corrected chi connectivity index (χ1v) is 6.00. The van der Waals surface area contributed by atoms with Crippen molar-refractivity contribution in [3.05, 3.63) is 0 Å². The first-order valence-electron chi connectivity index (χ1n) is 6.00. The standard InChI is InChI=1S/C11H19N3O4/c1-2-18-11(16)10(12)14-13-9(15)6-8-4-3-5-17-7-8/h8H,2-7H2,1H3,(H2,12,14)(H,13,15). The van der Waals surface area contributed by atoms with Crippen LogP contribution in [-0.4, -0.2) is 37.5 Å². The number of hydrogen-bond donors (Lipinski definition) is 2. The van der Waals surface area contributed by atoms with Crippen molar-refractivity contribution in [1.82, 2.24) is 5.43 Å². The summed E-state index contributed by atoms with van der Waals surface area (Å²) < 4.78 is 9.88. The highest BCUT2D eigenvalue weighted by Gasteiger charge is 2.17. The molecule has 1 rings (SSSR count). The molecule has 1 atom stereocenters. The average molecular weight is 257 g/mol. The first kappa shape index (κ1) is 14.4. The van der Waals surface area contributed by atoms with Crippen LogP contribution in [0.4, 0.5) is 0 Å². The van der Waals surface area contributed by atoms with Crippen molar-refractivity contribution in [2.45, 2.75) is 26.2 Å². The van der Waals surface area contributed by atoms with Crippen LogP contribution < -0.4 is 11.2 Å². The van der Waals surface area contributed by atoms with Crippen LogP contribution in [0.15, 0.2) is 5.10 Å². The van der Waals surface area contributed by atoms with Crippen LogP contribution in [-0.2, 0) is 19.1 Å². The van der Waals surface area contributed by atoms with E-state index in [0.29, 0.717) is 13.0 Å². The number of rotatable bonds is 4. The van der Waals surface area contributed by atoms with Crippen LogP contribution >= 0.6 is 0 Å². The summed E-state index contributed by atoms with van der Waals surface area (Å²) in [4.78, 5) is 22.6. The normalized spacial score (nSPS) is 20.3. The SMILES string of the molecule is CCOC(=O)C(N)=NNC(=O)CC1CCCOC1. The number of hydrogen-bond acceptors (Lipinski definition) is 5. The van der Waals surface area contributed by atoms with Crippen LogP contribution in [0, 0.1) is 5.92 Å². The van der Waals surface area contributed by atoms with Gasteiger partial charge in [0.1, 0.15) is 0 Å². The molecule has 0 spiro atoms. The van der Waals surface area contributed by atoms with Crippen molar-refractivity contribution >= 4 is 17.7 Å². The molecule has 0 aliphatic carbocycles. The molecule has 1 saturated heterocycles. The zero-order valence-electron chi connectivity index (χ0n) is 10.5. The molecule has 1 aliphatic heterocycles. The summed E-state index contributed by atoms with van der Waals surface area (Å²) in [6.45, 7) is 3.21. The van der Waals surface area contributed by atoms with E-state index in [-0.39, 0.29) is 24.3 Å². The molecule has 0 aromatic heterocycles. The Morgan fingerprint density at radius 3 is 2.94 bits per heavy atom. The second-order valence-corrected chi connectivity index (χ2v) is 4.04. The van der Waals surface area contributed by atoms with Crippen molar-refractivity contribution in [2.24, 2.45) is 16.8 Å². The molecular weight excluding hydrogens is 238 g/mol. The van der Waals surface area contributed by atoms with Gasteiger partial charge in [0.25, 0.3) is 0 Å². The second kappa shape index (κ2) is 7.65. The number of amides is 1. The summed E-state index contributed by atoms with van der Waals surface area (Å²) in [7, 11) is 0. The molecule has 7 nitrogen and oxygen atoms in total. The Kier molecular flexibility index (Phi) is 6.13. The Labute approximate surface area is 106 Å². The zero-order valence-corrected chi connectivity index (χ0v) is 10.5. The Balaban J connectivity index is 2.30. The van der Waals surface area contributed by atoms with E-state index in [0.717, 1.165) is 19.4 Å². The quantitative estimate of drug-likeness (QED) is 0.313. The predicted octanol–water partition coefficient (Wildman–Crippen LogP) is -0.245. The average Bonchev–Trinajstić information content (AvgIpc) is 2.37. The highest BCUT2D eigenvalue weighted by atomic mass is 16.5. The van der Waals surface area contributed by atoms with Crippen LogP contribution in [0.1, 0.15) is 26.2 Å². The topological polar surface area (TPSA) is 103 Å². The molecule has 0 bridgehead atoms. The number of esters is 1. The maximum atomic E-state index is 11.5. The molecule has 1 heterocycles. The van der Waals surface area contributed by atoms with Crippen molar-refractivity contribution in [2.75, 3.05) is 19.8 Å². The number of carbonyl (C=O) groups excluding carboxylic acids is 2. The Bertz CT molecular complexity index is 324. The maximum absolute atomic E-state index is 11.5. The monoisotopic (exact) mass is 257 g/mol. The molecule has 1 fully saturated rings. The van der Waals surface area contributed by atoms with Crippen LogP contribution in [0.3, 0.4) is 0 Å². The highest BCUT2D eigenvalue weighted by Crippen LogP contribution is 2.16. The third-order valence-corrected chi connectivity index (χ3v) is 2.51. The molecular formula is C11H19N3O4. The molecule has 1 unspecified atom stereocenters. The van der Waals surface area contributed by atoms with Gasteiger partial charge in [0, 0.05) is 19.6 Å². The largest absolute Gasteiger partial charge is 0.460 e. The molecule has 0 radical (unpaired) electrons. The highest BCUT2D eigenvalue weighted by molar-refractivity contribution is 6.34. The van der Waals surface area contributed by atoms with Crippen molar-refractivity contribution < 1.29 is 19.1 Å². The van der Waals surface area contributed by atoms with Gasteiger partial charge in [-0.1, -0.05) is 0 Å². The summed E-state index contributed by atoms with van der Waals surface area (Å²) in [6.07, 6.45) is 2.25. The maximum Gasteiger partial charge on any atom is 0.375 e. The molecule has 0 saturated carbocycles. The molecule has 1 aliphatic rings. The second-order valence-electron chi connectivity index (χ2n) is 4.04. The lowest BCUT2D eigenvalue weighted by atomic mass is 9.98. The summed E-state index contributed by atoms with van der Waals surface area (Å²) in [6, 6.07) is 0. The number of nitrogens with zero attached hydrogens (tertiary/aromatic N) is 1. The number of nitrogens with two attached hydrogens (primary N) is 1. The van der Waals surface area contributed by atoms with E-state index in [1.165, 1.54) is 0 Å². The lowest BCUT2D eigenvalue weighted by Gasteiger charge is -2.20. The van der Waals surface area contributed by atoms with Gasteiger partial charge >= 0.3 is 5.97 Å². The smallest absolute Gasteiger partial charge is 0.375 e. The van der Waals surface area contributed by atoms with Gasteiger partial charge in [-0.15, -0.1) is 5.10 Å². The number of ether oxygens (including phenoxy) is 2. The van der Waals surface area contributed by atoms with E-state index in [9.17, 15) is 9.59 Å². The van der Waals surface area contributed by atoms with Gasteiger partial charge in [0.15, 0.2) is 0 Å². The van der Waals surface area contributed by atoms with Gasteiger partial charge in [-0.05, 0) is 25.7 Å². The predicted molar refractivity (Wildman–Crippen MR) is 64.6 cm³/mol. The molecule has 7 heteroatoms. The van der Waals surface area contributed by atoms with E-state index < -0.39 is 5.97 Å². The lowest BCUT2D eigenvalue weighted by Crippen LogP contribution is -2.32. The number of carbonyl (C=O) groups is 2. The number of nitrogens with one attached hydrogen (secondary N) is 1. The van der Waals surface area contributed by atoms with Crippen molar-refractivity contribution in [3.8, 4) is 0 Å². The molecule has 0 aromatic carbocycles. The van der Waals surface area contributed by atoms with E-state index in [1.54, 1.807) is 6.92 Å². The fourth-order valence-electron chi connectivity index (χ4n) is 1.65. The summed E-state index contributed by atoms with van der Waals surface area (Å²) in [5, 5.41) is 3.49. The zero-order chi connectivity index (χ0) is 13.4. The molecule has 18 heavy (non-hydrogen) atoms. The minimum atomic E-state index is -0.737. The third-order valence-electron chi connectivity index (χ3n) is 2.51. The molecule has 3 N–H and O–H groups in total. The first-order chi connectivity index (χ1) is 8.63. The number of amidine groups is 1. The fourth-order valence-corrected chi connectivity index (χ4v) is 1.65. The van der Waals surface area contributed by atoms with E-state index >= 15 is 0 Å². The van der Waals surface area contributed by atoms with Crippen molar-refractivity contribution in [3.63, 3.8) is 0 Å². The number of hydrazone groups is 1. The third kappa shape index (κ3) is 5.13. The molecule has 102 valence electrons. The van der Waals surface area contributed by atoms with Crippen LogP contribution in [0.25, 0.3) is 0 Å². The minimum absolute atomic E-state index is 0.206. The fraction of sp³-hybridized carbons (Fsp3) is 0.727. The molecule has 1 amide bonds. The Morgan fingerprint density at radius 2 is 2.33 bits per heavy atom. The Morgan fingerprint density at radius 1 is 1.56 bits per heavy atom. The summed E-state index contributed by atoms with van der Waals surface area (Å²) >= 11 is 0. The van der Waals surface area contributed by atoms with Gasteiger partial charge < -0.3 is 15.2 Å². The van der Waals surface area contributed by atoms with Crippen LogP contribution in [0.2, 0.25) is 0 Å². The van der Waals surface area contributed by atoms with Crippen molar-refractivity contribution in [1.29, 1.82) is 0 Å². The summed E-state index contributed by atoms with van der Waals surface area (Å²) in [5.74, 6) is -1.17. The Hall–Kier alpha value is -1.63.